The number of nitrogens with one attached hydrogen (secondary N) is 1. The van der Waals surface area contributed by atoms with Gasteiger partial charge in [-0.25, -0.2) is 0 Å². The summed E-state index contributed by atoms with van der Waals surface area (Å²) in [4.78, 5) is 20.8. The number of ether oxygens (including phenoxy) is 1. The van der Waals surface area contributed by atoms with Gasteiger partial charge < -0.3 is 15.2 Å². The van der Waals surface area contributed by atoms with Crippen molar-refractivity contribution in [3.8, 4) is 0 Å². The molecule has 0 saturated carbocycles. The molecule has 28 heavy (non-hydrogen) atoms. The SMILES string of the molecule is CNc1cccc(CCC(=O)O)c1.O=CC1=CC=C(c2ccc(Cl)cc2)OC1. The lowest BCUT2D eigenvalue weighted by molar-refractivity contribution is -0.136. The first-order valence-electron chi connectivity index (χ1n) is 8.75. The van der Waals surface area contributed by atoms with Gasteiger partial charge in [0.25, 0.3) is 0 Å². The van der Waals surface area contributed by atoms with E-state index in [0.717, 1.165) is 28.9 Å². The molecular weight excluding hydrogens is 378 g/mol. The summed E-state index contributed by atoms with van der Waals surface area (Å²) < 4.78 is 5.43. The molecular formula is C22H22ClNO4. The van der Waals surface area contributed by atoms with E-state index in [9.17, 15) is 9.59 Å². The fraction of sp³-hybridized carbons (Fsp3) is 0.182. The molecule has 5 nitrogen and oxygen atoms in total. The van der Waals surface area contributed by atoms with Gasteiger partial charge >= 0.3 is 5.97 Å². The van der Waals surface area contributed by atoms with Crippen molar-refractivity contribution in [2.24, 2.45) is 0 Å². The Hall–Kier alpha value is -3.05. The van der Waals surface area contributed by atoms with E-state index in [4.69, 9.17) is 21.4 Å². The van der Waals surface area contributed by atoms with E-state index in [-0.39, 0.29) is 6.42 Å². The van der Waals surface area contributed by atoms with Crippen LogP contribution < -0.4 is 5.32 Å². The lowest BCUT2D eigenvalue weighted by Gasteiger charge is -2.13. The quantitative estimate of drug-likeness (QED) is 0.695. The van der Waals surface area contributed by atoms with E-state index in [1.807, 2.05) is 43.4 Å². The van der Waals surface area contributed by atoms with Crippen LogP contribution in [0.25, 0.3) is 5.76 Å². The molecule has 0 atom stereocenters. The van der Waals surface area contributed by atoms with E-state index >= 15 is 0 Å². The molecule has 0 spiro atoms. The van der Waals surface area contributed by atoms with Crippen LogP contribution in [0.15, 0.2) is 66.3 Å². The monoisotopic (exact) mass is 399 g/mol. The highest BCUT2D eigenvalue weighted by atomic mass is 35.5. The minimum atomic E-state index is -0.755. The van der Waals surface area contributed by atoms with Crippen molar-refractivity contribution < 1.29 is 19.4 Å². The van der Waals surface area contributed by atoms with E-state index < -0.39 is 5.97 Å². The van der Waals surface area contributed by atoms with Gasteiger partial charge in [0.05, 0.1) is 0 Å². The normalized spacial score (nSPS) is 12.5. The summed E-state index contributed by atoms with van der Waals surface area (Å²) >= 11 is 5.78. The number of halogens is 1. The van der Waals surface area contributed by atoms with E-state index in [2.05, 4.69) is 5.32 Å². The molecule has 0 saturated heterocycles. The van der Waals surface area contributed by atoms with Crippen LogP contribution in [-0.4, -0.2) is 31.0 Å². The molecule has 0 radical (unpaired) electrons. The molecule has 1 heterocycles. The maximum absolute atomic E-state index is 10.5. The Morgan fingerprint density at radius 3 is 2.54 bits per heavy atom. The summed E-state index contributed by atoms with van der Waals surface area (Å²) in [5, 5.41) is 12.2. The predicted octanol–water partition coefficient (Wildman–Crippen LogP) is 4.58. The number of aldehydes is 1. The van der Waals surface area contributed by atoms with Crippen LogP contribution in [0.4, 0.5) is 5.69 Å². The number of allylic oxidation sites excluding steroid dienone is 2. The summed E-state index contributed by atoms with van der Waals surface area (Å²) in [6, 6.07) is 15.1. The standard InChI is InChI=1S/C12H9ClO2.C10H13NO2/c13-11-4-2-10(3-5-11)12-6-1-9(7-14)8-15-12;1-11-9-4-2-3-8(7-9)5-6-10(12)13/h1-7H,8H2;2-4,7,11H,5-6H2,1H3,(H,12,13). The Morgan fingerprint density at radius 1 is 1.21 bits per heavy atom. The van der Waals surface area contributed by atoms with Gasteiger partial charge in [0.1, 0.15) is 18.7 Å². The minimum absolute atomic E-state index is 0.188. The van der Waals surface area contributed by atoms with Gasteiger partial charge in [0, 0.05) is 35.3 Å². The third-order valence-corrected chi connectivity index (χ3v) is 4.22. The van der Waals surface area contributed by atoms with Crippen LogP contribution in [0.2, 0.25) is 5.02 Å². The van der Waals surface area contributed by atoms with Crippen molar-refractivity contribution in [3.63, 3.8) is 0 Å². The lowest BCUT2D eigenvalue weighted by Crippen LogP contribution is -2.03. The molecule has 0 unspecified atom stereocenters. The zero-order valence-electron chi connectivity index (χ0n) is 15.5. The van der Waals surface area contributed by atoms with Gasteiger partial charge in [0.15, 0.2) is 0 Å². The number of hydrogen-bond donors (Lipinski definition) is 2. The first kappa shape index (κ1) is 21.3. The molecule has 2 aromatic carbocycles. The number of rotatable bonds is 6. The average molecular weight is 400 g/mol. The third-order valence-electron chi connectivity index (χ3n) is 3.97. The summed E-state index contributed by atoms with van der Waals surface area (Å²) in [5.41, 5.74) is 3.67. The molecule has 1 aliphatic rings. The largest absolute Gasteiger partial charge is 0.488 e. The van der Waals surface area contributed by atoms with E-state index in [0.29, 0.717) is 23.6 Å². The number of carbonyl (C=O) groups is 2. The zero-order valence-corrected chi connectivity index (χ0v) is 16.3. The molecule has 2 aromatic rings. The molecule has 0 aliphatic carbocycles. The van der Waals surface area contributed by atoms with Gasteiger partial charge in [-0.2, -0.15) is 0 Å². The predicted molar refractivity (Wildman–Crippen MR) is 111 cm³/mol. The second-order valence-corrected chi connectivity index (χ2v) is 6.47. The average Bonchev–Trinajstić information content (AvgIpc) is 2.73. The van der Waals surface area contributed by atoms with Crippen molar-refractivity contribution in [2.45, 2.75) is 12.8 Å². The summed E-state index contributed by atoms with van der Waals surface area (Å²) in [6.45, 7) is 0.331. The van der Waals surface area contributed by atoms with Gasteiger partial charge in [-0.15, -0.1) is 0 Å². The highest BCUT2D eigenvalue weighted by Crippen LogP contribution is 2.22. The molecule has 3 rings (SSSR count). The van der Waals surface area contributed by atoms with Crippen LogP contribution in [0.1, 0.15) is 17.5 Å². The summed E-state index contributed by atoms with van der Waals surface area (Å²) in [7, 11) is 1.84. The Balaban J connectivity index is 0.000000203. The third kappa shape index (κ3) is 6.93. The maximum Gasteiger partial charge on any atom is 0.303 e. The first-order chi connectivity index (χ1) is 13.5. The molecule has 0 bridgehead atoms. The Labute approximate surface area is 169 Å². The second kappa shape index (κ2) is 10.9. The Kier molecular flexibility index (Phi) is 8.31. The first-order valence-corrected chi connectivity index (χ1v) is 9.13. The number of anilines is 1. The van der Waals surface area contributed by atoms with Crippen LogP contribution in [0.3, 0.4) is 0 Å². The number of benzene rings is 2. The molecule has 2 N–H and O–H groups in total. The van der Waals surface area contributed by atoms with Gasteiger partial charge in [-0.1, -0.05) is 23.7 Å². The van der Waals surface area contributed by atoms with Crippen LogP contribution >= 0.6 is 11.6 Å². The van der Waals surface area contributed by atoms with Crippen LogP contribution in [0.5, 0.6) is 0 Å². The minimum Gasteiger partial charge on any atom is -0.488 e. The van der Waals surface area contributed by atoms with Crippen molar-refractivity contribution in [3.05, 3.63) is 82.4 Å². The topological polar surface area (TPSA) is 75.6 Å². The number of carboxylic acid groups (broad SMARTS) is 1. The number of hydrogen-bond acceptors (Lipinski definition) is 4. The molecule has 6 heteroatoms. The maximum atomic E-state index is 10.5. The lowest BCUT2D eigenvalue weighted by atomic mass is 10.1. The fourth-order valence-corrected chi connectivity index (χ4v) is 2.57. The van der Waals surface area contributed by atoms with E-state index in [1.165, 1.54) is 0 Å². The number of aliphatic carboxylic acids is 1. The Bertz CT molecular complexity index is 872. The second-order valence-electron chi connectivity index (χ2n) is 6.03. The van der Waals surface area contributed by atoms with Gasteiger partial charge in [0.2, 0.25) is 0 Å². The molecule has 146 valence electrons. The van der Waals surface area contributed by atoms with Crippen LogP contribution in [0, 0.1) is 0 Å². The van der Waals surface area contributed by atoms with E-state index in [1.54, 1.807) is 24.3 Å². The molecule has 0 aromatic heterocycles. The van der Waals surface area contributed by atoms with Crippen LogP contribution in [-0.2, 0) is 20.7 Å². The Morgan fingerprint density at radius 2 is 1.96 bits per heavy atom. The van der Waals surface area contributed by atoms with Crippen molar-refractivity contribution in [2.75, 3.05) is 19.0 Å². The molecule has 0 amide bonds. The van der Waals surface area contributed by atoms with Crippen molar-refractivity contribution in [1.29, 1.82) is 0 Å². The van der Waals surface area contributed by atoms with Gasteiger partial charge in [-0.05, 0) is 60.5 Å². The zero-order chi connectivity index (χ0) is 20.4. The van der Waals surface area contributed by atoms with Crippen molar-refractivity contribution in [1.82, 2.24) is 0 Å². The highest BCUT2D eigenvalue weighted by Gasteiger charge is 2.08. The number of carboxylic acids is 1. The summed E-state index contributed by atoms with van der Waals surface area (Å²) in [6.07, 6.45) is 5.13. The number of carbonyl (C=O) groups excluding carboxylic acids is 1. The van der Waals surface area contributed by atoms with Crippen molar-refractivity contribution >= 4 is 35.3 Å². The highest BCUT2D eigenvalue weighted by molar-refractivity contribution is 6.30. The number of aryl methyl sites for hydroxylation is 1. The molecule has 1 aliphatic heterocycles. The fourth-order valence-electron chi connectivity index (χ4n) is 2.44. The summed E-state index contributed by atoms with van der Waals surface area (Å²) in [5.74, 6) is 0.00660. The molecule has 0 fully saturated rings. The van der Waals surface area contributed by atoms with Gasteiger partial charge in [-0.3, -0.25) is 9.59 Å². The smallest absolute Gasteiger partial charge is 0.303 e.